The topological polar surface area (TPSA) is 41.5 Å². The lowest BCUT2D eigenvalue weighted by Gasteiger charge is -2.10. The molecule has 1 atom stereocenters. The van der Waals surface area contributed by atoms with E-state index in [1.807, 2.05) is 42.5 Å². The molecule has 2 aromatic rings. The van der Waals surface area contributed by atoms with Crippen LogP contribution in [0, 0.1) is 0 Å². The second-order valence-corrected chi connectivity index (χ2v) is 3.78. The van der Waals surface area contributed by atoms with E-state index in [1.165, 1.54) is 0 Å². The van der Waals surface area contributed by atoms with Crippen molar-refractivity contribution in [3.63, 3.8) is 0 Å². The van der Waals surface area contributed by atoms with Gasteiger partial charge in [0.15, 0.2) is 5.75 Å². The van der Waals surface area contributed by atoms with E-state index in [9.17, 15) is 0 Å². The highest BCUT2D eigenvalue weighted by Gasteiger charge is 2.01. The molecule has 0 aliphatic heterocycles. The third-order valence-corrected chi connectivity index (χ3v) is 2.31. The third-order valence-electron chi connectivity index (χ3n) is 2.31. The van der Waals surface area contributed by atoms with Crippen molar-refractivity contribution in [3.8, 4) is 5.75 Å². The van der Waals surface area contributed by atoms with Gasteiger partial charge in [-0.2, -0.15) is 5.48 Å². The van der Waals surface area contributed by atoms with E-state index in [0.717, 1.165) is 16.5 Å². The highest BCUT2D eigenvalue weighted by molar-refractivity contribution is 5.88. The molecule has 0 aromatic heterocycles. The fraction of sp³-hybridized carbons (Fsp3) is 0.231. The average molecular weight is 217 g/mol. The minimum absolute atomic E-state index is 0.406. The summed E-state index contributed by atoms with van der Waals surface area (Å²) in [4.78, 5) is 5.42. The van der Waals surface area contributed by atoms with Crippen molar-refractivity contribution in [1.29, 1.82) is 0 Å². The summed E-state index contributed by atoms with van der Waals surface area (Å²) in [6, 6.07) is 13.9. The Labute approximate surface area is 94.6 Å². The van der Waals surface area contributed by atoms with Crippen LogP contribution in [0.4, 0.5) is 0 Å². The molecule has 2 aromatic carbocycles. The summed E-state index contributed by atoms with van der Waals surface area (Å²) in [6.07, 6.45) is -0.421. The Morgan fingerprint density at radius 3 is 2.75 bits per heavy atom. The van der Waals surface area contributed by atoms with Gasteiger partial charge >= 0.3 is 0 Å². The summed E-state index contributed by atoms with van der Waals surface area (Å²) in [5.74, 6) is 0.777. The lowest BCUT2D eigenvalue weighted by atomic mass is 10.1. The molecule has 0 bridgehead atoms. The Morgan fingerprint density at radius 2 is 1.94 bits per heavy atom. The van der Waals surface area contributed by atoms with Crippen LogP contribution < -0.4 is 10.3 Å². The highest BCUT2D eigenvalue weighted by atomic mass is 16.6. The van der Waals surface area contributed by atoms with Crippen LogP contribution in [-0.4, -0.2) is 17.8 Å². The zero-order chi connectivity index (χ0) is 11.4. The summed E-state index contributed by atoms with van der Waals surface area (Å²) in [5.41, 5.74) is 2.74. The number of nitrogens with one attached hydrogen (secondary N) is 1. The Balaban J connectivity index is 2.17. The predicted molar refractivity (Wildman–Crippen MR) is 64.3 cm³/mol. The van der Waals surface area contributed by atoms with Gasteiger partial charge in [0, 0.05) is 5.39 Å². The van der Waals surface area contributed by atoms with Crippen LogP contribution in [0.3, 0.4) is 0 Å². The Morgan fingerprint density at radius 1 is 1.19 bits per heavy atom. The smallest absolute Gasteiger partial charge is 0.154 e. The molecular weight excluding hydrogens is 202 g/mol. The maximum Gasteiger partial charge on any atom is 0.154 e. The van der Waals surface area contributed by atoms with Crippen LogP contribution >= 0.6 is 0 Å². The molecule has 0 spiro atoms. The number of hydrogen-bond donors (Lipinski definition) is 2. The quantitative estimate of drug-likeness (QED) is 0.771. The number of aliphatic hydroxyl groups is 1. The van der Waals surface area contributed by atoms with Crippen LogP contribution in [-0.2, 0) is 0 Å². The fourth-order valence-corrected chi connectivity index (χ4v) is 1.52. The molecule has 0 radical (unpaired) electrons. The maximum absolute atomic E-state index is 9.10. The van der Waals surface area contributed by atoms with Crippen molar-refractivity contribution in [2.24, 2.45) is 0 Å². The molecule has 3 heteroatoms. The van der Waals surface area contributed by atoms with Gasteiger partial charge in [0.1, 0.15) is 0 Å². The van der Waals surface area contributed by atoms with E-state index in [-0.39, 0.29) is 0 Å². The second kappa shape index (κ2) is 4.96. The molecule has 0 saturated heterocycles. The van der Waals surface area contributed by atoms with E-state index in [2.05, 4.69) is 5.48 Å². The molecule has 0 heterocycles. The van der Waals surface area contributed by atoms with Gasteiger partial charge in [-0.25, -0.2) is 0 Å². The molecule has 3 nitrogen and oxygen atoms in total. The van der Waals surface area contributed by atoms with Crippen molar-refractivity contribution in [2.75, 3.05) is 6.54 Å². The van der Waals surface area contributed by atoms with Gasteiger partial charge in [-0.3, -0.25) is 0 Å². The third kappa shape index (κ3) is 2.51. The van der Waals surface area contributed by atoms with E-state index < -0.39 is 6.10 Å². The van der Waals surface area contributed by atoms with Gasteiger partial charge in [0.25, 0.3) is 0 Å². The second-order valence-electron chi connectivity index (χ2n) is 3.78. The number of hydrogen-bond acceptors (Lipinski definition) is 3. The van der Waals surface area contributed by atoms with Crippen molar-refractivity contribution in [3.05, 3.63) is 42.5 Å². The van der Waals surface area contributed by atoms with Gasteiger partial charge in [-0.15, -0.1) is 0 Å². The van der Waals surface area contributed by atoms with Gasteiger partial charge in [0.2, 0.25) is 0 Å². The number of benzene rings is 2. The number of fused-ring (bicyclic) bond motifs is 1. The molecule has 0 saturated carbocycles. The Bertz CT molecular complexity index is 463. The first-order chi connectivity index (χ1) is 7.77. The fourth-order valence-electron chi connectivity index (χ4n) is 1.52. The monoisotopic (exact) mass is 217 g/mol. The standard InChI is InChI=1S/C13H15NO2/c1-10(15)9-14-16-13-8-4-6-11-5-2-3-7-12(11)13/h2-8,10,14-15H,9H2,1H3/t10-/m0/s1. The van der Waals surface area contributed by atoms with E-state index >= 15 is 0 Å². The van der Waals surface area contributed by atoms with Gasteiger partial charge in [-0.05, 0) is 18.4 Å². The van der Waals surface area contributed by atoms with Crippen LogP contribution in [0.1, 0.15) is 6.92 Å². The molecule has 2 N–H and O–H groups in total. The van der Waals surface area contributed by atoms with E-state index in [1.54, 1.807) is 6.92 Å². The summed E-state index contributed by atoms with van der Waals surface area (Å²) in [7, 11) is 0. The number of rotatable bonds is 4. The van der Waals surface area contributed by atoms with Gasteiger partial charge in [0.05, 0.1) is 12.6 Å². The van der Waals surface area contributed by atoms with Crippen LogP contribution in [0.25, 0.3) is 10.8 Å². The summed E-state index contributed by atoms with van der Waals surface area (Å²) in [5, 5.41) is 11.3. The molecule has 2 rings (SSSR count). The summed E-state index contributed by atoms with van der Waals surface area (Å²) >= 11 is 0. The van der Waals surface area contributed by atoms with Crippen molar-refractivity contribution >= 4 is 10.8 Å². The minimum atomic E-state index is -0.421. The predicted octanol–water partition coefficient (Wildman–Crippen LogP) is 2.10. The zero-order valence-electron chi connectivity index (χ0n) is 9.18. The van der Waals surface area contributed by atoms with E-state index in [0.29, 0.717) is 6.54 Å². The normalized spacial score (nSPS) is 12.6. The van der Waals surface area contributed by atoms with E-state index in [4.69, 9.17) is 9.94 Å². The van der Waals surface area contributed by atoms with Gasteiger partial charge < -0.3 is 9.94 Å². The first kappa shape index (κ1) is 10.9. The first-order valence-corrected chi connectivity index (χ1v) is 5.33. The average Bonchev–Trinajstić information content (AvgIpc) is 2.29. The van der Waals surface area contributed by atoms with Gasteiger partial charge in [-0.1, -0.05) is 36.4 Å². The highest BCUT2D eigenvalue weighted by Crippen LogP contribution is 2.24. The lowest BCUT2D eigenvalue weighted by molar-refractivity contribution is 0.120. The van der Waals surface area contributed by atoms with Crippen LogP contribution in [0.15, 0.2) is 42.5 Å². The molecule has 0 unspecified atom stereocenters. The first-order valence-electron chi connectivity index (χ1n) is 5.33. The minimum Gasteiger partial charge on any atom is -0.408 e. The van der Waals surface area contributed by atoms with Crippen molar-refractivity contribution in [1.82, 2.24) is 5.48 Å². The molecule has 0 aliphatic carbocycles. The molecule has 0 amide bonds. The SMILES string of the molecule is C[C@H](O)CNOc1cccc2ccccc12. The van der Waals surface area contributed by atoms with Crippen LogP contribution in [0.5, 0.6) is 5.75 Å². The zero-order valence-corrected chi connectivity index (χ0v) is 9.18. The van der Waals surface area contributed by atoms with Crippen molar-refractivity contribution < 1.29 is 9.94 Å². The number of hydroxylamine groups is 1. The molecule has 16 heavy (non-hydrogen) atoms. The molecule has 0 fully saturated rings. The van der Waals surface area contributed by atoms with Crippen LogP contribution in [0.2, 0.25) is 0 Å². The maximum atomic E-state index is 9.10. The number of aliphatic hydroxyl groups excluding tert-OH is 1. The summed E-state index contributed by atoms with van der Waals surface area (Å²) < 4.78 is 0. The van der Waals surface area contributed by atoms with Crippen molar-refractivity contribution in [2.45, 2.75) is 13.0 Å². The summed E-state index contributed by atoms with van der Waals surface area (Å²) in [6.45, 7) is 2.11. The molecular formula is C13H15NO2. The lowest BCUT2D eigenvalue weighted by Crippen LogP contribution is -2.27. The Hall–Kier alpha value is -1.58. The molecule has 84 valence electrons. The molecule has 0 aliphatic rings. The Kier molecular flexibility index (Phi) is 3.39. The largest absolute Gasteiger partial charge is 0.408 e.